The molecule has 0 bridgehead atoms. The van der Waals surface area contributed by atoms with Gasteiger partial charge in [-0.3, -0.25) is 0 Å². The van der Waals surface area contributed by atoms with Crippen molar-refractivity contribution in [1.29, 1.82) is 0 Å². The minimum absolute atomic E-state index is 0.249. The minimum Gasteiger partial charge on any atom is -0.508 e. The summed E-state index contributed by atoms with van der Waals surface area (Å²) < 4.78 is 64.7. The molecule has 31 heavy (non-hydrogen) atoms. The molecule has 162 valence electrons. The Kier molecular flexibility index (Phi) is 6.20. The Morgan fingerprint density at radius 1 is 0.806 bits per heavy atom. The lowest BCUT2D eigenvalue weighted by Gasteiger charge is -2.09. The number of phenols is 1. The van der Waals surface area contributed by atoms with Crippen molar-refractivity contribution in [1.82, 2.24) is 29.5 Å². The average Bonchev–Trinajstić information content (AvgIpc) is 3.43. The zero-order valence-electron chi connectivity index (χ0n) is 15.3. The van der Waals surface area contributed by atoms with E-state index in [4.69, 9.17) is 5.11 Å². The number of hydrogen-bond acceptors (Lipinski definition) is 8. The van der Waals surface area contributed by atoms with E-state index >= 15 is 0 Å². The lowest BCUT2D eigenvalue weighted by Crippen LogP contribution is -2.28. The van der Waals surface area contributed by atoms with E-state index < -0.39 is 21.4 Å². The highest BCUT2D eigenvalue weighted by atomic mass is 32.2. The van der Waals surface area contributed by atoms with Crippen molar-refractivity contribution in [2.24, 2.45) is 0 Å². The fourth-order valence-electron chi connectivity index (χ4n) is 2.12. The summed E-state index contributed by atoms with van der Waals surface area (Å²) in [6.45, 7) is 0. The van der Waals surface area contributed by atoms with Crippen LogP contribution in [-0.4, -0.2) is 48.6 Å². The molecule has 2 aromatic carbocycles. The number of nitrogens with zero attached hydrogens (tertiary/aromatic N) is 6. The van der Waals surface area contributed by atoms with Gasteiger partial charge in [0.25, 0.3) is 0 Å². The maximum atomic E-state index is 12.1. The van der Waals surface area contributed by atoms with E-state index in [1.807, 2.05) is 0 Å². The summed E-state index contributed by atoms with van der Waals surface area (Å²) >= 11 is 0. The molecule has 14 heteroatoms. The van der Waals surface area contributed by atoms with Gasteiger partial charge in [-0.25, -0.2) is 19.3 Å². The van der Waals surface area contributed by atoms with Gasteiger partial charge >= 0.3 is 15.6 Å². The van der Waals surface area contributed by atoms with E-state index in [0.29, 0.717) is 5.69 Å². The van der Waals surface area contributed by atoms with E-state index in [2.05, 4.69) is 24.3 Å². The highest BCUT2D eigenvalue weighted by molar-refractivity contribution is 7.88. The van der Waals surface area contributed by atoms with Gasteiger partial charge in [0.15, 0.2) is 0 Å². The summed E-state index contributed by atoms with van der Waals surface area (Å²) in [4.78, 5) is 7.50. The van der Waals surface area contributed by atoms with Gasteiger partial charge < -0.3 is 9.29 Å². The molecule has 0 saturated heterocycles. The molecule has 1 N–H and O–H groups in total. The van der Waals surface area contributed by atoms with Crippen LogP contribution in [0.2, 0.25) is 0 Å². The first kappa shape index (κ1) is 21.8. The van der Waals surface area contributed by atoms with Crippen LogP contribution in [0.3, 0.4) is 0 Å². The van der Waals surface area contributed by atoms with Crippen LogP contribution >= 0.6 is 0 Å². The molecular weight excluding hydrogens is 441 g/mol. The molecule has 0 unspecified atom stereocenters. The van der Waals surface area contributed by atoms with Crippen molar-refractivity contribution in [2.75, 3.05) is 0 Å². The number of aromatic hydroxyl groups is 1. The van der Waals surface area contributed by atoms with Gasteiger partial charge in [-0.05, 0) is 48.5 Å². The molecule has 0 amide bonds. The van der Waals surface area contributed by atoms with Crippen LogP contribution < -0.4 is 4.18 Å². The third kappa shape index (κ3) is 5.57. The molecule has 4 aromatic rings. The third-order valence-corrected chi connectivity index (χ3v) is 4.52. The molecule has 0 saturated carbocycles. The van der Waals surface area contributed by atoms with Gasteiger partial charge in [0.1, 0.15) is 36.8 Å². The Bertz CT molecular complexity index is 1190. The molecular formula is C17H13F3N6O4S. The first-order valence-corrected chi connectivity index (χ1v) is 9.66. The smallest absolute Gasteiger partial charge is 0.508 e. The van der Waals surface area contributed by atoms with Crippen molar-refractivity contribution >= 4 is 10.1 Å². The predicted octanol–water partition coefficient (Wildman–Crippen LogP) is 2.47. The Labute approximate surface area is 173 Å². The molecule has 0 atom stereocenters. The lowest BCUT2D eigenvalue weighted by molar-refractivity contribution is -0.0500. The largest absolute Gasteiger partial charge is 0.534 e. The van der Waals surface area contributed by atoms with E-state index in [9.17, 15) is 21.6 Å². The fourth-order valence-corrected chi connectivity index (χ4v) is 2.58. The summed E-state index contributed by atoms with van der Waals surface area (Å²) in [7, 11) is -5.65. The van der Waals surface area contributed by atoms with Crippen LogP contribution in [0.4, 0.5) is 13.2 Å². The van der Waals surface area contributed by atoms with Gasteiger partial charge in [0.2, 0.25) is 0 Å². The Hall–Kier alpha value is -3.94. The van der Waals surface area contributed by atoms with Crippen molar-refractivity contribution in [3.05, 3.63) is 73.8 Å². The summed E-state index contributed by atoms with van der Waals surface area (Å²) in [6.07, 6.45) is 5.72. The molecule has 2 heterocycles. The molecule has 0 radical (unpaired) electrons. The second-order valence-electron chi connectivity index (χ2n) is 5.67. The van der Waals surface area contributed by atoms with Crippen molar-refractivity contribution in [2.45, 2.75) is 5.51 Å². The van der Waals surface area contributed by atoms with Gasteiger partial charge in [-0.1, -0.05) is 0 Å². The van der Waals surface area contributed by atoms with Gasteiger partial charge in [0, 0.05) is 0 Å². The molecule has 0 aliphatic heterocycles. The third-order valence-electron chi connectivity index (χ3n) is 3.54. The number of halogens is 3. The Morgan fingerprint density at radius 3 is 1.65 bits per heavy atom. The van der Waals surface area contributed by atoms with Crippen LogP contribution in [0, 0.1) is 0 Å². The maximum absolute atomic E-state index is 12.1. The quantitative estimate of drug-likeness (QED) is 0.368. The molecule has 0 spiro atoms. The monoisotopic (exact) mass is 454 g/mol. The standard InChI is InChI=1S/C9H6F3N3O3S.C8H7N3O/c10-9(11,12)19(16,17)18-8-3-1-7(2-4-8)15-6-13-5-14-15;12-8-3-1-7(2-4-8)11-6-9-5-10-11/h1-6H;1-6,12H. The Morgan fingerprint density at radius 2 is 1.26 bits per heavy atom. The van der Waals surface area contributed by atoms with Crippen molar-refractivity contribution in [3.63, 3.8) is 0 Å². The fraction of sp³-hybridized carbons (Fsp3) is 0.0588. The van der Waals surface area contributed by atoms with Crippen LogP contribution in [-0.2, 0) is 10.1 Å². The van der Waals surface area contributed by atoms with Crippen molar-refractivity contribution < 1.29 is 30.9 Å². The van der Waals surface area contributed by atoms with E-state index in [-0.39, 0.29) is 5.75 Å². The first-order chi connectivity index (χ1) is 14.7. The number of rotatable bonds is 4. The number of hydrogen-bond donors (Lipinski definition) is 1. The summed E-state index contributed by atoms with van der Waals surface area (Å²) in [5, 5.41) is 16.7. The van der Waals surface area contributed by atoms with Gasteiger partial charge in [0.05, 0.1) is 11.4 Å². The zero-order valence-corrected chi connectivity index (χ0v) is 16.1. The number of aromatic nitrogens is 6. The second-order valence-corrected chi connectivity index (χ2v) is 7.21. The topological polar surface area (TPSA) is 125 Å². The highest BCUT2D eigenvalue weighted by Gasteiger charge is 2.48. The molecule has 10 nitrogen and oxygen atoms in total. The number of phenolic OH excluding ortho intramolecular Hbond substituents is 1. The second kappa shape index (κ2) is 8.83. The maximum Gasteiger partial charge on any atom is 0.534 e. The molecule has 4 rings (SSSR count). The molecule has 2 aromatic heterocycles. The van der Waals surface area contributed by atoms with Crippen LogP contribution in [0.15, 0.2) is 73.8 Å². The normalized spacial score (nSPS) is 11.5. The van der Waals surface area contributed by atoms with Crippen molar-refractivity contribution in [3.8, 4) is 22.9 Å². The molecule has 0 aliphatic rings. The van der Waals surface area contributed by atoms with E-state index in [1.54, 1.807) is 35.3 Å². The molecule has 0 aliphatic carbocycles. The van der Waals surface area contributed by atoms with E-state index in [1.165, 1.54) is 35.8 Å². The highest BCUT2D eigenvalue weighted by Crippen LogP contribution is 2.27. The Balaban J connectivity index is 0.000000194. The van der Waals surface area contributed by atoms with Crippen LogP contribution in [0.25, 0.3) is 11.4 Å². The summed E-state index contributed by atoms with van der Waals surface area (Å²) in [5.74, 6) is -0.194. The predicted molar refractivity (Wildman–Crippen MR) is 100.0 cm³/mol. The number of alkyl halides is 3. The minimum atomic E-state index is -5.65. The van der Waals surface area contributed by atoms with Gasteiger partial charge in [-0.2, -0.15) is 31.8 Å². The summed E-state index contributed by atoms with van der Waals surface area (Å²) in [5.41, 5.74) is -4.09. The zero-order chi connectivity index (χ0) is 22.5. The average molecular weight is 454 g/mol. The number of benzene rings is 2. The lowest BCUT2D eigenvalue weighted by atomic mass is 10.3. The van der Waals surface area contributed by atoms with E-state index in [0.717, 1.165) is 17.8 Å². The SMILES string of the molecule is O=S(=O)(Oc1ccc(-n2cncn2)cc1)C(F)(F)F.Oc1ccc(-n2cncn2)cc1. The molecule has 0 fully saturated rings. The van der Waals surface area contributed by atoms with Crippen LogP contribution in [0.5, 0.6) is 11.5 Å². The van der Waals surface area contributed by atoms with Gasteiger partial charge in [-0.15, -0.1) is 0 Å². The summed E-state index contributed by atoms with van der Waals surface area (Å²) in [6, 6.07) is 11.6. The first-order valence-electron chi connectivity index (χ1n) is 8.25. The van der Waals surface area contributed by atoms with Crippen LogP contribution in [0.1, 0.15) is 0 Å².